The van der Waals surface area contributed by atoms with Crippen molar-refractivity contribution in [3.05, 3.63) is 29.8 Å². The molecule has 2 N–H and O–H groups in total. The molecule has 0 saturated heterocycles. The van der Waals surface area contributed by atoms with Gasteiger partial charge in [0.05, 0.1) is 10.8 Å². The van der Waals surface area contributed by atoms with Crippen molar-refractivity contribution in [2.45, 2.75) is 43.9 Å². The first-order valence-electron chi connectivity index (χ1n) is 6.33. The van der Waals surface area contributed by atoms with Crippen LogP contribution in [0.15, 0.2) is 29.2 Å². The Morgan fingerprint density at radius 3 is 2.29 bits per heavy atom. The maximum absolute atomic E-state index is 12.0. The second kappa shape index (κ2) is 7.62. The topological polar surface area (TPSA) is 43.1 Å². The number of nitrogens with two attached hydrogens (primary N) is 1. The Morgan fingerprint density at radius 1 is 1.12 bits per heavy atom. The minimum absolute atomic E-state index is 0.530. The van der Waals surface area contributed by atoms with Gasteiger partial charge in [-0.25, -0.2) is 0 Å². The zero-order valence-electron chi connectivity index (χ0n) is 10.8. The zero-order chi connectivity index (χ0) is 12.7. The van der Waals surface area contributed by atoms with Gasteiger partial charge < -0.3 is 5.73 Å². The SMILES string of the molecule is CC(C)c1ccc(S(=O)CCCCCN)cc1. The number of unbranched alkanes of at least 4 members (excludes halogenated alkanes) is 2. The van der Waals surface area contributed by atoms with E-state index in [0.29, 0.717) is 5.92 Å². The van der Waals surface area contributed by atoms with E-state index in [1.807, 2.05) is 12.1 Å². The van der Waals surface area contributed by atoms with Gasteiger partial charge in [-0.15, -0.1) is 0 Å². The lowest BCUT2D eigenvalue weighted by atomic mass is 10.0. The van der Waals surface area contributed by atoms with Gasteiger partial charge in [-0.05, 0) is 43.0 Å². The van der Waals surface area contributed by atoms with Gasteiger partial charge in [0.1, 0.15) is 0 Å². The van der Waals surface area contributed by atoms with E-state index in [9.17, 15) is 4.21 Å². The fourth-order valence-corrected chi connectivity index (χ4v) is 2.82. The number of hydrogen-bond donors (Lipinski definition) is 1. The maximum Gasteiger partial charge on any atom is 0.0529 e. The van der Waals surface area contributed by atoms with Crippen molar-refractivity contribution >= 4 is 10.8 Å². The van der Waals surface area contributed by atoms with Crippen LogP contribution < -0.4 is 5.73 Å². The molecule has 1 rings (SSSR count). The smallest absolute Gasteiger partial charge is 0.0529 e. The lowest BCUT2D eigenvalue weighted by Crippen LogP contribution is -2.02. The first-order valence-corrected chi connectivity index (χ1v) is 7.65. The van der Waals surface area contributed by atoms with Crippen molar-refractivity contribution < 1.29 is 4.21 Å². The molecule has 0 aromatic heterocycles. The molecule has 0 radical (unpaired) electrons. The Kier molecular flexibility index (Phi) is 6.45. The van der Waals surface area contributed by atoms with E-state index in [-0.39, 0.29) is 0 Å². The highest BCUT2D eigenvalue weighted by atomic mass is 32.2. The summed E-state index contributed by atoms with van der Waals surface area (Å²) >= 11 is 0. The first-order chi connectivity index (χ1) is 8.15. The molecular formula is C14H23NOS. The van der Waals surface area contributed by atoms with Crippen LogP contribution in [-0.4, -0.2) is 16.5 Å². The van der Waals surface area contributed by atoms with Crippen LogP contribution in [0, 0.1) is 0 Å². The van der Waals surface area contributed by atoms with Gasteiger partial charge >= 0.3 is 0 Å². The van der Waals surface area contributed by atoms with Crippen molar-refractivity contribution in [2.24, 2.45) is 5.73 Å². The van der Waals surface area contributed by atoms with Gasteiger partial charge in [0, 0.05) is 10.6 Å². The first kappa shape index (κ1) is 14.4. The third kappa shape index (κ3) is 5.00. The molecule has 0 aliphatic carbocycles. The van der Waals surface area contributed by atoms with Crippen LogP contribution in [-0.2, 0) is 10.8 Å². The summed E-state index contributed by atoms with van der Waals surface area (Å²) in [7, 11) is -0.849. The minimum Gasteiger partial charge on any atom is -0.330 e. The Bertz CT molecular complexity index is 346. The van der Waals surface area contributed by atoms with Crippen molar-refractivity contribution in [1.82, 2.24) is 0 Å². The standard InChI is InChI=1S/C14H23NOS/c1-12(2)13-6-8-14(9-7-13)17(16)11-5-3-4-10-15/h6-9,12H,3-5,10-11,15H2,1-2H3. The van der Waals surface area contributed by atoms with Gasteiger partial charge in [0.25, 0.3) is 0 Å². The zero-order valence-corrected chi connectivity index (χ0v) is 11.6. The van der Waals surface area contributed by atoms with E-state index in [1.54, 1.807) is 0 Å². The van der Waals surface area contributed by atoms with Crippen LogP contribution in [0.5, 0.6) is 0 Å². The summed E-state index contributed by atoms with van der Waals surface area (Å²) in [6, 6.07) is 8.15. The number of benzene rings is 1. The van der Waals surface area contributed by atoms with Gasteiger partial charge in [-0.3, -0.25) is 4.21 Å². The molecule has 0 bridgehead atoms. The van der Waals surface area contributed by atoms with Crippen molar-refractivity contribution in [3.8, 4) is 0 Å². The van der Waals surface area contributed by atoms with Crippen molar-refractivity contribution in [2.75, 3.05) is 12.3 Å². The Balaban J connectivity index is 2.46. The minimum atomic E-state index is -0.849. The molecule has 0 spiro atoms. The average Bonchev–Trinajstić information content (AvgIpc) is 2.34. The molecule has 0 aliphatic rings. The Labute approximate surface area is 107 Å². The number of hydrogen-bond acceptors (Lipinski definition) is 2. The number of rotatable bonds is 7. The lowest BCUT2D eigenvalue weighted by Gasteiger charge is -2.06. The third-order valence-electron chi connectivity index (χ3n) is 2.84. The lowest BCUT2D eigenvalue weighted by molar-refractivity contribution is 0.672. The van der Waals surface area contributed by atoms with E-state index in [1.165, 1.54) is 5.56 Å². The molecule has 0 amide bonds. The molecule has 1 aromatic rings. The van der Waals surface area contributed by atoms with Gasteiger partial charge in [0.2, 0.25) is 0 Å². The fraction of sp³-hybridized carbons (Fsp3) is 0.571. The summed E-state index contributed by atoms with van der Waals surface area (Å²) in [5.41, 5.74) is 6.73. The van der Waals surface area contributed by atoms with Crippen LogP contribution in [0.25, 0.3) is 0 Å². The van der Waals surface area contributed by atoms with Gasteiger partial charge in [-0.1, -0.05) is 32.4 Å². The molecule has 1 unspecified atom stereocenters. The molecule has 2 nitrogen and oxygen atoms in total. The van der Waals surface area contributed by atoms with Crippen molar-refractivity contribution in [1.29, 1.82) is 0 Å². The monoisotopic (exact) mass is 253 g/mol. The predicted molar refractivity (Wildman–Crippen MR) is 74.7 cm³/mol. The summed E-state index contributed by atoms with van der Waals surface area (Å²) in [5.74, 6) is 1.28. The molecule has 0 fully saturated rings. The Hall–Kier alpha value is -0.670. The van der Waals surface area contributed by atoms with Crippen LogP contribution in [0.1, 0.15) is 44.6 Å². The average molecular weight is 253 g/mol. The summed E-state index contributed by atoms with van der Waals surface area (Å²) < 4.78 is 12.0. The third-order valence-corrected chi connectivity index (χ3v) is 4.30. The van der Waals surface area contributed by atoms with E-state index in [4.69, 9.17) is 5.73 Å². The normalized spacial score (nSPS) is 12.9. The largest absolute Gasteiger partial charge is 0.330 e. The van der Waals surface area contributed by atoms with Crippen molar-refractivity contribution in [3.63, 3.8) is 0 Å². The second-order valence-electron chi connectivity index (χ2n) is 4.62. The second-order valence-corrected chi connectivity index (χ2v) is 6.19. The predicted octanol–water partition coefficient (Wildman–Crippen LogP) is 3.05. The highest BCUT2D eigenvalue weighted by Gasteiger charge is 2.04. The highest BCUT2D eigenvalue weighted by molar-refractivity contribution is 7.85. The molecule has 0 aliphatic heterocycles. The van der Waals surface area contributed by atoms with Crippen LogP contribution in [0.2, 0.25) is 0 Å². The summed E-state index contributed by atoms with van der Waals surface area (Å²) in [5, 5.41) is 0. The van der Waals surface area contributed by atoms with Crippen LogP contribution in [0.3, 0.4) is 0 Å². The molecule has 1 aromatic carbocycles. The van der Waals surface area contributed by atoms with E-state index >= 15 is 0 Å². The molecule has 1 atom stereocenters. The maximum atomic E-state index is 12.0. The molecule has 0 heterocycles. The molecule has 0 saturated carbocycles. The summed E-state index contributed by atoms with van der Waals surface area (Å²) in [6.07, 6.45) is 3.10. The molecule has 96 valence electrons. The van der Waals surface area contributed by atoms with Gasteiger partial charge in [0.15, 0.2) is 0 Å². The molecule has 3 heteroatoms. The van der Waals surface area contributed by atoms with E-state index in [0.717, 1.165) is 36.5 Å². The Morgan fingerprint density at radius 2 is 1.76 bits per heavy atom. The van der Waals surface area contributed by atoms with E-state index in [2.05, 4.69) is 26.0 Å². The van der Waals surface area contributed by atoms with E-state index < -0.39 is 10.8 Å². The van der Waals surface area contributed by atoms with Gasteiger partial charge in [-0.2, -0.15) is 0 Å². The fourth-order valence-electron chi connectivity index (χ4n) is 1.68. The molecular weight excluding hydrogens is 230 g/mol. The van der Waals surface area contributed by atoms with Crippen LogP contribution >= 0.6 is 0 Å². The summed E-state index contributed by atoms with van der Waals surface area (Å²) in [4.78, 5) is 0.946. The summed E-state index contributed by atoms with van der Waals surface area (Å²) in [6.45, 7) is 5.06. The quantitative estimate of drug-likeness (QED) is 0.759. The van der Waals surface area contributed by atoms with Crippen LogP contribution in [0.4, 0.5) is 0 Å². The molecule has 17 heavy (non-hydrogen) atoms. The highest BCUT2D eigenvalue weighted by Crippen LogP contribution is 2.17.